The highest BCUT2D eigenvalue weighted by Gasteiger charge is 2.17. The Balaban J connectivity index is 2.03. The summed E-state index contributed by atoms with van der Waals surface area (Å²) in [6.07, 6.45) is 4.98. The van der Waals surface area contributed by atoms with E-state index in [9.17, 15) is 0 Å². The van der Waals surface area contributed by atoms with Gasteiger partial charge in [0.2, 0.25) is 5.96 Å². The van der Waals surface area contributed by atoms with Crippen LogP contribution >= 0.6 is 11.3 Å². The van der Waals surface area contributed by atoms with E-state index in [2.05, 4.69) is 34.8 Å². The number of thiophene rings is 1. The Bertz CT molecular complexity index is 368. The zero-order valence-electron chi connectivity index (χ0n) is 10.9. The second kappa shape index (κ2) is 6.75. The first-order chi connectivity index (χ1) is 8.83. The lowest BCUT2D eigenvalue weighted by molar-refractivity contribution is 0.417. The minimum absolute atomic E-state index is 0.452. The van der Waals surface area contributed by atoms with Gasteiger partial charge < -0.3 is 4.90 Å². The van der Waals surface area contributed by atoms with Crippen LogP contribution in [0.1, 0.15) is 37.5 Å². The van der Waals surface area contributed by atoms with E-state index in [-0.39, 0.29) is 0 Å². The monoisotopic (exact) mass is 266 g/mol. The number of nitrogens with one attached hydrogen (secondary N) is 1. The van der Waals surface area contributed by atoms with Gasteiger partial charge in [0.25, 0.3) is 0 Å². The Labute approximate surface area is 113 Å². The van der Waals surface area contributed by atoms with Gasteiger partial charge in [-0.25, -0.2) is 10.8 Å². The van der Waals surface area contributed by atoms with Crippen molar-refractivity contribution in [2.75, 3.05) is 6.54 Å². The maximum atomic E-state index is 5.64. The Kier molecular flexibility index (Phi) is 5.01. The first-order valence-corrected chi connectivity index (χ1v) is 7.53. The highest BCUT2D eigenvalue weighted by Crippen LogP contribution is 2.21. The number of hydrogen-bond acceptors (Lipinski definition) is 3. The molecule has 3 N–H and O–H groups in total. The zero-order chi connectivity index (χ0) is 12.8. The van der Waals surface area contributed by atoms with Crippen molar-refractivity contribution in [1.29, 1.82) is 0 Å². The van der Waals surface area contributed by atoms with E-state index in [1.54, 1.807) is 11.3 Å². The summed E-state index contributed by atoms with van der Waals surface area (Å²) in [6, 6.07) is 4.68. The van der Waals surface area contributed by atoms with E-state index in [0.717, 1.165) is 19.0 Å². The van der Waals surface area contributed by atoms with E-state index in [0.29, 0.717) is 6.04 Å². The van der Waals surface area contributed by atoms with Gasteiger partial charge in [-0.2, -0.15) is 0 Å². The highest BCUT2D eigenvalue weighted by molar-refractivity contribution is 7.09. The predicted octanol–water partition coefficient (Wildman–Crippen LogP) is 2.33. The number of rotatable bonds is 4. The largest absolute Gasteiger partial charge is 0.337 e. The minimum atomic E-state index is 0.452. The van der Waals surface area contributed by atoms with E-state index in [1.165, 1.54) is 30.6 Å². The molecule has 0 bridgehead atoms. The number of guanidine groups is 1. The van der Waals surface area contributed by atoms with Crippen molar-refractivity contribution < 1.29 is 0 Å². The van der Waals surface area contributed by atoms with Crippen LogP contribution in [0.4, 0.5) is 0 Å². The third-order valence-electron chi connectivity index (χ3n) is 3.37. The second-order valence-electron chi connectivity index (χ2n) is 4.63. The van der Waals surface area contributed by atoms with Crippen LogP contribution in [0, 0.1) is 0 Å². The molecule has 0 saturated heterocycles. The van der Waals surface area contributed by atoms with Crippen molar-refractivity contribution in [3.05, 3.63) is 22.4 Å². The highest BCUT2D eigenvalue weighted by atomic mass is 32.1. The first kappa shape index (κ1) is 13.4. The van der Waals surface area contributed by atoms with Crippen molar-refractivity contribution >= 4 is 17.3 Å². The molecule has 0 radical (unpaired) electrons. The quantitative estimate of drug-likeness (QED) is 0.381. The minimum Gasteiger partial charge on any atom is -0.337 e. The molecule has 0 aliphatic heterocycles. The van der Waals surface area contributed by atoms with Crippen molar-refractivity contribution in [3.63, 3.8) is 0 Å². The van der Waals surface area contributed by atoms with Gasteiger partial charge >= 0.3 is 0 Å². The third kappa shape index (κ3) is 3.46. The molecule has 1 saturated carbocycles. The molecule has 0 aromatic carbocycles. The van der Waals surface area contributed by atoms with Gasteiger partial charge in [0.15, 0.2) is 0 Å². The lowest BCUT2D eigenvalue weighted by atomic mass is 10.3. The molecule has 0 unspecified atom stereocenters. The lowest BCUT2D eigenvalue weighted by Crippen LogP contribution is -2.44. The number of hydrogen-bond donors (Lipinski definition) is 2. The van der Waals surface area contributed by atoms with Gasteiger partial charge in [0, 0.05) is 11.4 Å². The molecular weight excluding hydrogens is 244 g/mol. The van der Waals surface area contributed by atoms with Gasteiger partial charge in [0.1, 0.15) is 0 Å². The molecule has 5 heteroatoms. The summed E-state index contributed by atoms with van der Waals surface area (Å²) in [5.74, 6) is 6.47. The van der Waals surface area contributed by atoms with Gasteiger partial charge in [-0.15, -0.1) is 11.3 Å². The second-order valence-corrected chi connectivity index (χ2v) is 5.66. The summed E-state index contributed by atoms with van der Waals surface area (Å²) in [6.45, 7) is 3.92. The number of hydrazine groups is 1. The molecule has 100 valence electrons. The molecule has 4 nitrogen and oxygen atoms in total. The number of nitrogens with two attached hydrogens (primary N) is 1. The SMILES string of the molecule is CCN(Cc1cccs1)C(=NC1CCCC1)NN. The van der Waals surface area contributed by atoms with Gasteiger partial charge in [-0.3, -0.25) is 5.43 Å². The van der Waals surface area contributed by atoms with Crippen LogP contribution in [-0.4, -0.2) is 23.4 Å². The molecular formula is C13H22N4S. The maximum Gasteiger partial charge on any atom is 0.208 e. The average Bonchev–Trinajstić information content (AvgIpc) is 3.06. The Morgan fingerprint density at radius 3 is 2.89 bits per heavy atom. The van der Waals surface area contributed by atoms with E-state index in [4.69, 9.17) is 10.8 Å². The molecule has 1 aliphatic rings. The lowest BCUT2D eigenvalue weighted by Gasteiger charge is -2.24. The molecule has 1 aromatic heterocycles. The number of nitrogens with zero attached hydrogens (tertiary/aromatic N) is 2. The summed E-state index contributed by atoms with van der Waals surface area (Å²) in [7, 11) is 0. The van der Waals surface area contributed by atoms with Crippen molar-refractivity contribution in [2.45, 2.75) is 45.2 Å². The molecule has 1 heterocycles. The first-order valence-electron chi connectivity index (χ1n) is 6.65. The maximum absolute atomic E-state index is 5.64. The number of aliphatic imine (C=N–C) groups is 1. The summed E-state index contributed by atoms with van der Waals surface area (Å²) >= 11 is 1.77. The predicted molar refractivity (Wildman–Crippen MR) is 77.4 cm³/mol. The Hall–Kier alpha value is -1.07. The molecule has 0 atom stereocenters. The van der Waals surface area contributed by atoms with E-state index in [1.807, 2.05) is 0 Å². The van der Waals surface area contributed by atoms with E-state index >= 15 is 0 Å². The van der Waals surface area contributed by atoms with Crippen LogP contribution in [0.25, 0.3) is 0 Å². The molecule has 18 heavy (non-hydrogen) atoms. The van der Waals surface area contributed by atoms with E-state index < -0.39 is 0 Å². The van der Waals surface area contributed by atoms with Gasteiger partial charge in [-0.1, -0.05) is 18.9 Å². The zero-order valence-corrected chi connectivity index (χ0v) is 11.7. The molecule has 1 fully saturated rings. The van der Waals surface area contributed by atoms with Gasteiger partial charge in [0.05, 0.1) is 12.6 Å². The smallest absolute Gasteiger partial charge is 0.208 e. The van der Waals surface area contributed by atoms with Crippen molar-refractivity contribution in [1.82, 2.24) is 10.3 Å². The van der Waals surface area contributed by atoms with Crippen LogP contribution in [0.15, 0.2) is 22.5 Å². The topological polar surface area (TPSA) is 53.6 Å². The van der Waals surface area contributed by atoms with Crippen molar-refractivity contribution in [2.24, 2.45) is 10.8 Å². The Morgan fingerprint density at radius 1 is 1.56 bits per heavy atom. The van der Waals surface area contributed by atoms with Crippen LogP contribution in [0.3, 0.4) is 0 Å². The summed E-state index contributed by atoms with van der Waals surface area (Å²) < 4.78 is 0. The molecule has 0 amide bonds. The van der Waals surface area contributed by atoms with Crippen LogP contribution in [0.5, 0.6) is 0 Å². The molecule has 0 spiro atoms. The third-order valence-corrected chi connectivity index (χ3v) is 4.23. The summed E-state index contributed by atoms with van der Waals surface area (Å²) in [5, 5.41) is 2.10. The van der Waals surface area contributed by atoms with Crippen LogP contribution in [-0.2, 0) is 6.54 Å². The molecule has 1 aliphatic carbocycles. The molecule has 2 rings (SSSR count). The molecule has 1 aromatic rings. The summed E-state index contributed by atoms with van der Waals surface area (Å²) in [4.78, 5) is 8.29. The average molecular weight is 266 g/mol. The van der Waals surface area contributed by atoms with Crippen molar-refractivity contribution in [3.8, 4) is 0 Å². The summed E-state index contributed by atoms with van der Waals surface area (Å²) in [5.41, 5.74) is 2.77. The van der Waals surface area contributed by atoms with Crippen LogP contribution in [0.2, 0.25) is 0 Å². The fourth-order valence-electron chi connectivity index (χ4n) is 2.34. The standard InChI is InChI=1S/C13H22N4S/c1-2-17(10-12-8-5-9-18-12)13(16-14)15-11-6-3-4-7-11/h5,8-9,11H,2-4,6-7,10,14H2,1H3,(H,15,16). The van der Waals surface area contributed by atoms with Gasteiger partial charge in [-0.05, 0) is 31.2 Å². The van der Waals surface area contributed by atoms with Crippen LogP contribution < -0.4 is 11.3 Å². The normalized spacial score (nSPS) is 17.1. The Morgan fingerprint density at radius 2 is 2.33 bits per heavy atom. The fourth-order valence-corrected chi connectivity index (χ4v) is 3.06. The fraction of sp³-hybridized carbons (Fsp3) is 0.615.